The van der Waals surface area contributed by atoms with Crippen LogP contribution in [0.3, 0.4) is 0 Å². The fourth-order valence-electron chi connectivity index (χ4n) is 3.42. The molecule has 1 aliphatic rings. The van der Waals surface area contributed by atoms with Gasteiger partial charge in [0.15, 0.2) is 5.82 Å². The second-order valence-corrected chi connectivity index (χ2v) is 8.00. The molecule has 9 nitrogen and oxygen atoms in total. The highest BCUT2D eigenvalue weighted by Gasteiger charge is 2.27. The Morgan fingerprint density at radius 3 is 2.83 bits per heavy atom. The quantitative estimate of drug-likeness (QED) is 0.650. The number of rotatable bonds is 6. The van der Waals surface area contributed by atoms with E-state index < -0.39 is 0 Å². The van der Waals surface area contributed by atoms with Crippen molar-refractivity contribution in [2.75, 3.05) is 30.4 Å². The first kappa shape index (κ1) is 20.0. The van der Waals surface area contributed by atoms with Gasteiger partial charge in [-0.05, 0) is 26.0 Å². The van der Waals surface area contributed by atoms with Crippen molar-refractivity contribution in [2.45, 2.75) is 26.9 Å². The van der Waals surface area contributed by atoms with Gasteiger partial charge in [-0.25, -0.2) is 9.97 Å². The SMILES string of the molecule is Cc1cc(C)n(CCN(C)C(=O)c2cnc3c(c2)N(Cc2cscn2)C(=O)CN3)n1. The Labute approximate surface area is 178 Å². The lowest BCUT2D eigenvalue weighted by Crippen LogP contribution is -2.40. The van der Waals surface area contributed by atoms with Crippen LogP contribution < -0.4 is 10.2 Å². The molecule has 0 fully saturated rings. The number of thiazole rings is 1. The van der Waals surface area contributed by atoms with E-state index >= 15 is 0 Å². The van der Waals surface area contributed by atoms with E-state index in [9.17, 15) is 9.59 Å². The molecular weight excluding hydrogens is 402 g/mol. The van der Waals surface area contributed by atoms with Gasteiger partial charge in [0.05, 0.1) is 47.8 Å². The lowest BCUT2D eigenvalue weighted by atomic mass is 10.1. The zero-order chi connectivity index (χ0) is 21.3. The number of carbonyl (C=O) groups is 2. The van der Waals surface area contributed by atoms with E-state index in [1.54, 1.807) is 34.6 Å². The number of hydrogen-bond donors (Lipinski definition) is 1. The number of carbonyl (C=O) groups excluding carboxylic acids is 2. The third-order valence-electron chi connectivity index (χ3n) is 5.01. The first-order valence-electron chi connectivity index (χ1n) is 9.60. The monoisotopic (exact) mass is 425 g/mol. The fraction of sp³-hybridized carbons (Fsp3) is 0.350. The Morgan fingerprint density at radius 2 is 2.13 bits per heavy atom. The predicted molar refractivity (Wildman–Crippen MR) is 115 cm³/mol. The molecule has 3 aromatic rings. The smallest absolute Gasteiger partial charge is 0.255 e. The fourth-order valence-corrected chi connectivity index (χ4v) is 3.97. The van der Waals surface area contributed by atoms with E-state index in [4.69, 9.17) is 0 Å². The van der Waals surface area contributed by atoms with Gasteiger partial charge < -0.3 is 15.1 Å². The van der Waals surface area contributed by atoms with Crippen molar-refractivity contribution >= 4 is 34.7 Å². The summed E-state index contributed by atoms with van der Waals surface area (Å²) in [6, 6.07) is 3.73. The number of likely N-dealkylation sites (N-methyl/N-ethyl adjacent to an activating group) is 1. The number of aromatic nitrogens is 4. The Hall–Kier alpha value is -3.27. The van der Waals surface area contributed by atoms with Crippen molar-refractivity contribution in [1.29, 1.82) is 0 Å². The first-order valence-corrected chi connectivity index (χ1v) is 10.5. The van der Waals surface area contributed by atoms with Crippen LogP contribution in [0.15, 0.2) is 29.2 Å². The summed E-state index contributed by atoms with van der Waals surface area (Å²) in [5.41, 5.74) is 5.59. The van der Waals surface area contributed by atoms with Crippen molar-refractivity contribution in [3.8, 4) is 0 Å². The molecule has 0 atom stereocenters. The Morgan fingerprint density at radius 1 is 1.30 bits per heavy atom. The van der Waals surface area contributed by atoms with Gasteiger partial charge in [0.1, 0.15) is 0 Å². The third-order valence-corrected chi connectivity index (χ3v) is 5.65. The van der Waals surface area contributed by atoms with Crippen molar-refractivity contribution in [1.82, 2.24) is 24.6 Å². The molecule has 0 bridgehead atoms. The molecule has 0 saturated heterocycles. The Kier molecular flexibility index (Phi) is 5.49. The lowest BCUT2D eigenvalue weighted by Gasteiger charge is -2.29. The number of fused-ring (bicyclic) bond motifs is 1. The van der Waals surface area contributed by atoms with Crippen LogP contribution in [0.25, 0.3) is 0 Å². The minimum atomic E-state index is -0.154. The lowest BCUT2D eigenvalue weighted by molar-refractivity contribution is -0.117. The molecule has 0 unspecified atom stereocenters. The maximum Gasteiger partial charge on any atom is 0.255 e. The summed E-state index contributed by atoms with van der Waals surface area (Å²) in [7, 11) is 1.75. The van der Waals surface area contributed by atoms with E-state index in [1.165, 1.54) is 11.3 Å². The second kappa shape index (κ2) is 8.23. The maximum atomic E-state index is 13.0. The van der Waals surface area contributed by atoms with Crippen molar-refractivity contribution in [2.24, 2.45) is 0 Å². The molecule has 0 saturated carbocycles. The second-order valence-electron chi connectivity index (χ2n) is 7.28. The molecule has 0 radical (unpaired) electrons. The number of nitrogens with zero attached hydrogens (tertiary/aromatic N) is 6. The Balaban J connectivity index is 1.51. The number of nitrogens with one attached hydrogen (secondary N) is 1. The van der Waals surface area contributed by atoms with Gasteiger partial charge in [-0.2, -0.15) is 5.10 Å². The molecule has 1 aliphatic heterocycles. The number of amides is 2. The van der Waals surface area contributed by atoms with Crippen LogP contribution in [0.2, 0.25) is 0 Å². The molecule has 0 aliphatic carbocycles. The van der Waals surface area contributed by atoms with Gasteiger partial charge in [0, 0.05) is 30.9 Å². The molecule has 3 aromatic heterocycles. The van der Waals surface area contributed by atoms with Crippen LogP contribution in [0.4, 0.5) is 11.5 Å². The number of pyridine rings is 1. The number of anilines is 2. The highest BCUT2D eigenvalue weighted by molar-refractivity contribution is 7.07. The zero-order valence-electron chi connectivity index (χ0n) is 17.1. The molecule has 4 heterocycles. The Bertz CT molecular complexity index is 1080. The standard InChI is InChI=1S/C20H23N7O2S/c1-13-6-14(2)27(24-13)5-4-25(3)20(29)15-7-17-19(21-8-15)22-9-18(28)26(17)10-16-11-30-12-23-16/h6-8,11-12H,4-5,9-10H2,1-3H3,(H,21,22). The van der Waals surface area contributed by atoms with E-state index in [0.717, 1.165) is 17.1 Å². The number of aryl methyl sites for hydroxylation is 2. The van der Waals surface area contributed by atoms with E-state index in [0.29, 0.717) is 36.7 Å². The van der Waals surface area contributed by atoms with Crippen LogP contribution in [0.1, 0.15) is 27.4 Å². The minimum Gasteiger partial charge on any atom is -0.359 e. The molecule has 0 spiro atoms. The molecular formula is C20H23N7O2S. The van der Waals surface area contributed by atoms with Crippen LogP contribution in [-0.4, -0.2) is 56.6 Å². The summed E-state index contributed by atoms with van der Waals surface area (Å²) in [5.74, 6) is 0.352. The summed E-state index contributed by atoms with van der Waals surface area (Å²) in [4.78, 5) is 37.4. The van der Waals surface area contributed by atoms with E-state index in [2.05, 4.69) is 20.4 Å². The van der Waals surface area contributed by atoms with Crippen molar-refractivity contribution < 1.29 is 9.59 Å². The summed E-state index contributed by atoms with van der Waals surface area (Å²) in [5, 5.41) is 9.36. The minimum absolute atomic E-state index is 0.0835. The molecule has 4 rings (SSSR count). The van der Waals surface area contributed by atoms with Gasteiger partial charge >= 0.3 is 0 Å². The van der Waals surface area contributed by atoms with Gasteiger partial charge in [-0.15, -0.1) is 11.3 Å². The average molecular weight is 426 g/mol. The highest BCUT2D eigenvalue weighted by atomic mass is 32.1. The number of hydrogen-bond acceptors (Lipinski definition) is 7. The molecule has 0 aromatic carbocycles. The largest absolute Gasteiger partial charge is 0.359 e. The van der Waals surface area contributed by atoms with Crippen LogP contribution in [-0.2, 0) is 17.9 Å². The van der Waals surface area contributed by atoms with Crippen LogP contribution in [0, 0.1) is 13.8 Å². The highest BCUT2D eigenvalue weighted by Crippen LogP contribution is 2.30. The average Bonchev–Trinajstić information content (AvgIpc) is 3.36. The molecule has 1 N–H and O–H groups in total. The van der Waals surface area contributed by atoms with Gasteiger partial charge in [0.25, 0.3) is 5.91 Å². The van der Waals surface area contributed by atoms with Gasteiger partial charge in [-0.1, -0.05) is 0 Å². The topological polar surface area (TPSA) is 96.3 Å². The maximum absolute atomic E-state index is 13.0. The molecule has 156 valence electrons. The molecule has 10 heteroatoms. The summed E-state index contributed by atoms with van der Waals surface area (Å²) in [6.45, 7) is 5.58. The van der Waals surface area contributed by atoms with Crippen LogP contribution in [0.5, 0.6) is 0 Å². The van der Waals surface area contributed by atoms with Crippen molar-refractivity contribution in [3.63, 3.8) is 0 Å². The predicted octanol–water partition coefficient (Wildman–Crippen LogP) is 2.08. The molecule has 30 heavy (non-hydrogen) atoms. The summed E-state index contributed by atoms with van der Waals surface area (Å²) >= 11 is 1.48. The van der Waals surface area contributed by atoms with E-state index in [-0.39, 0.29) is 18.4 Å². The normalized spacial score (nSPS) is 13.2. The first-order chi connectivity index (χ1) is 14.4. The van der Waals surface area contributed by atoms with Crippen LogP contribution >= 0.6 is 11.3 Å². The molecule has 2 amide bonds. The van der Waals surface area contributed by atoms with Gasteiger partial charge in [-0.3, -0.25) is 14.3 Å². The third kappa shape index (κ3) is 4.04. The van der Waals surface area contributed by atoms with Gasteiger partial charge in [0.2, 0.25) is 5.91 Å². The summed E-state index contributed by atoms with van der Waals surface area (Å²) in [6.07, 6.45) is 1.55. The zero-order valence-corrected chi connectivity index (χ0v) is 17.9. The summed E-state index contributed by atoms with van der Waals surface area (Å²) < 4.78 is 1.89. The van der Waals surface area contributed by atoms with E-state index in [1.807, 2.05) is 30.0 Å². The van der Waals surface area contributed by atoms with Crippen molar-refractivity contribution in [3.05, 3.63) is 51.9 Å².